The van der Waals surface area contributed by atoms with Crippen molar-refractivity contribution < 1.29 is 9.13 Å². The summed E-state index contributed by atoms with van der Waals surface area (Å²) in [6.07, 6.45) is 6.14. The molecule has 1 aliphatic rings. The molecule has 0 aliphatic carbocycles. The molecule has 0 bridgehead atoms. The third kappa shape index (κ3) is 3.14. The summed E-state index contributed by atoms with van der Waals surface area (Å²) in [5.41, 5.74) is 0.702. The Bertz CT molecular complexity index is 641. The number of aryl methyl sites for hydroxylation is 1. The van der Waals surface area contributed by atoms with E-state index in [2.05, 4.69) is 14.5 Å². The largest absolute Gasteiger partial charge is 0.497 e. The molecule has 1 saturated heterocycles. The zero-order valence-electron chi connectivity index (χ0n) is 13.1. The standard InChI is InChI=1S/C17H22FN3O/c1-13-19-7-9-20(13)12-15-4-3-8-21(15)11-14-10-16(22-2)5-6-17(14)18/h5-7,9-10,15H,3-4,8,11-12H2,1-2H3. The van der Waals surface area contributed by atoms with Gasteiger partial charge in [0, 0.05) is 37.1 Å². The van der Waals surface area contributed by atoms with Gasteiger partial charge in [0.1, 0.15) is 17.4 Å². The Morgan fingerprint density at radius 3 is 3.00 bits per heavy atom. The molecular weight excluding hydrogens is 281 g/mol. The van der Waals surface area contributed by atoms with Crippen molar-refractivity contribution in [1.82, 2.24) is 14.5 Å². The second-order valence-electron chi connectivity index (χ2n) is 5.85. The van der Waals surface area contributed by atoms with E-state index in [0.29, 0.717) is 23.9 Å². The summed E-state index contributed by atoms with van der Waals surface area (Å²) < 4.78 is 21.4. The van der Waals surface area contributed by atoms with Crippen molar-refractivity contribution in [3.05, 3.63) is 47.8 Å². The summed E-state index contributed by atoms with van der Waals surface area (Å²) in [5.74, 6) is 1.57. The quantitative estimate of drug-likeness (QED) is 0.850. The molecule has 1 fully saturated rings. The van der Waals surface area contributed by atoms with Gasteiger partial charge >= 0.3 is 0 Å². The molecule has 2 heterocycles. The van der Waals surface area contributed by atoms with Crippen molar-refractivity contribution in [3.8, 4) is 5.75 Å². The monoisotopic (exact) mass is 303 g/mol. The molecule has 1 atom stereocenters. The van der Waals surface area contributed by atoms with E-state index in [1.54, 1.807) is 19.2 Å². The highest BCUT2D eigenvalue weighted by Crippen LogP contribution is 2.24. The molecule has 118 valence electrons. The molecule has 22 heavy (non-hydrogen) atoms. The van der Waals surface area contributed by atoms with Crippen molar-refractivity contribution >= 4 is 0 Å². The molecule has 1 aromatic carbocycles. The van der Waals surface area contributed by atoms with E-state index in [9.17, 15) is 4.39 Å². The molecular formula is C17H22FN3O. The molecule has 0 amide bonds. The van der Waals surface area contributed by atoms with Crippen LogP contribution in [0.15, 0.2) is 30.6 Å². The van der Waals surface area contributed by atoms with Crippen LogP contribution < -0.4 is 4.74 Å². The number of nitrogens with zero attached hydrogens (tertiary/aromatic N) is 3. The number of halogens is 1. The second kappa shape index (κ2) is 6.48. The number of methoxy groups -OCH3 is 1. The second-order valence-corrected chi connectivity index (χ2v) is 5.85. The minimum Gasteiger partial charge on any atom is -0.497 e. The predicted octanol–water partition coefficient (Wildman–Crippen LogP) is 3.00. The molecule has 2 aromatic rings. The van der Waals surface area contributed by atoms with E-state index in [0.717, 1.165) is 31.8 Å². The zero-order valence-corrected chi connectivity index (χ0v) is 13.1. The van der Waals surface area contributed by atoms with Gasteiger partial charge in [-0.15, -0.1) is 0 Å². The highest BCUT2D eigenvalue weighted by atomic mass is 19.1. The van der Waals surface area contributed by atoms with Crippen LogP contribution in [0.5, 0.6) is 5.75 Å². The van der Waals surface area contributed by atoms with Gasteiger partial charge in [-0.05, 0) is 44.5 Å². The average molecular weight is 303 g/mol. The molecule has 4 nitrogen and oxygen atoms in total. The molecule has 0 N–H and O–H groups in total. The highest BCUT2D eigenvalue weighted by Gasteiger charge is 2.26. The molecule has 1 aliphatic heterocycles. The number of aromatic nitrogens is 2. The number of rotatable bonds is 5. The fourth-order valence-corrected chi connectivity index (χ4v) is 3.15. The third-order valence-electron chi connectivity index (χ3n) is 4.46. The predicted molar refractivity (Wildman–Crippen MR) is 83.3 cm³/mol. The third-order valence-corrected chi connectivity index (χ3v) is 4.46. The summed E-state index contributed by atoms with van der Waals surface area (Å²) in [4.78, 5) is 6.63. The van der Waals surface area contributed by atoms with Gasteiger partial charge in [-0.1, -0.05) is 0 Å². The maximum absolute atomic E-state index is 14.0. The first kappa shape index (κ1) is 15.0. The van der Waals surface area contributed by atoms with Crippen LogP contribution in [0, 0.1) is 12.7 Å². The smallest absolute Gasteiger partial charge is 0.127 e. The van der Waals surface area contributed by atoms with E-state index >= 15 is 0 Å². The summed E-state index contributed by atoms with van der Waals surface area (Å²) >= 11 is 0. The van der Waals surface area contributed by atoms with Crippen molar-refractivity contribution in [2.45, 2.75) is 38.9 Å². The Labute approximate surface area is 130 Å². The number of ether oxygens (including phenoxy) is 1. The van der Waals surface area contributed by atoms with Gasteiger partial charge < -0.3 is 9.30 Å². The Kier molecular flexibility index (Phi) is 4.43. The van der Waals surface area contributed by atoms with Crippen LogP contribution in [-0.2, 0) is 13.1 Å². The number of imidazole rings is 1. The summed E-state index contributed by atoms with van der Waals surface area (Å²) in [6, 6.07) is 5.38. The summed E-state index contributed by atoms with van der Waals surface area (Å²) in [5, 5.41) is 0. The highest BCUT2D eigenvalue weighted by molar-refractivity contribution is 5.29. The van der Waals surface area contributed by atoms with Crippen LogP contribution in [-0.4, -0.2) is 34.1 Å². The lowest BCUT2D eigenvalue weighted by atomic mass is 10.1. The van der Waals surface area contributed by atoms with Gasteiger partial charge in [-0.3, -0.25) is 4.90 Å². The van der Waals surface area contributed by atoms with Crippen LogP contribution in [0.3, 0.4) is 0 Å². The first-order valence-corrected chi connectivity index (χ1v) is 7.71. The van der Waals surface area contributed by atoms with Gasteiger partial charge in [0.15, 0.2) is 0 Å². The van der Waals surface area contributed by atoms with Gasteiger partial charge in [0.05, 0.1) is 7.11 Å². The SMILES string of the molecule is COc1ccc(F)c(CN2CCCC2Cn2ccnc2C)c1. The van der Waals surface area contributed by atoms with Crippen molar-refractivity contribution in [1.29, 1.82) is 0 Å². The van der Waals surface area contributed by atoms with Crippen LogP contribution in [0.4, 0.5) is 4.39 Å². The fraction of sp³-hybridized carbons (Fsp3) is 0.471. The molecule has 0 radical (unpaired) electrons. The minimum atomic E-state index is -0.162. The Morgan fingerprint density at radius 1 is 1.41 bits per heavy atom. The van der Waals surface area contributed by atoms with Gasteiger partial charge in [0.25, 0.3) is 0 Å². The van der Waals surface area contributed by atoms with Gasteiger partial charge in [-0.2, -0.15) is 0 Å². The Hall–Kier alpha value is -1.88. The number of benzene rings is 1. The molecule has 0 spiro atoms. The maximum atomic E-state index is 14.0. The zero-order chi connectivity index (χ0) is 15.5. The van der Waals surface area contributed by atoms with Gasteiger partial charge in [-0.25, -0.2) is 9.37 Å². The first-order valence-electron chi connectivity index (χ1n) is 7.71. The number of likely N-dealkylation sites (tertiary alicyclic amines) is 1. The minimum absolute atomic E-state index is 0.162. The topological polar surface area (TPSA) is 30.3 Å². The molecule has 1 unspecified atom stereocenters. The van der Waals surface area contributed by atoms with Crippen LogP contribution >= 0.6 is 0 Å². The van der Waals surface area contributed by atoms with Crippen molar-refractivity contribution in [3.63, 3.8) is 0 Å². The van der Waals surface area contributed by atoms with Crippen LogP contribution in [0.2, 0.25) is 0 Å². The number of hydrogen-bond acceptors (Lipinski definition) is 3. The van der Waals surface area contributed by atoms with Gasteiger partial charge in [0.2, 0.25) is 0 Å². The van der Waals surface area contributed by atoms with E-state index < -0.39 is 0 Å². The van der Waals surface area contributed by atoms with Crippen molar-refractivity contribution in [2.75, 3.05) is 13.7 Å². The fourth-order valence-electron chi connectivity index (χ4n) is 3.15. The van der Waals surface area contributed by atoms with E-state index in [1.165, 1.54) is 6.07 Å². The average Bonchev–Trinajstić information content (AvgIpc) is 3.12. The van der Waals surface area contributed by atoms with E-state index in [4.69, 9.17) is 4.74 Å². The normalized spacial score (nSPS) is 18.8. The summed E-state index contributed by atoms with van der Waals surface area (Å²) in [6.45, 7) is 4.56. The summed E-state index contributed by atoms with van der Waals surface area (Å²) in [7, 11) is 1.61. The lowest BCUT2D eigenvalue weighted by Crippen LogP contribution is -2.33. The van der Waals surface area contributed by atoms with Crippen LogP contribution in [0.1, 0.15) is 24.2 Å². The molecule has 5 heteroatoms. The Morgan fingerprint density at radius 2 is 2.27 bits per heavy atom. The molecule has 3 rings (SSSR count). The van der Waals surface area contributed by atoms with Crippen molar-refractivity contribution in [2.24, 2.45) is 0 Å². The Balaban J connectivity index is 1.72. The molecule has 1 aromatic heterocycles. The number of hydrogen-bond donors (Lipinski definition) is 0. The maximum Gasteiger partial charge on any atom is 0.127 e. The molecule has 0 saturated carbocycles. The van der Waals surface area contributed by atoms with Crippen LogP contribution in [0.25, 0.3) is 0 Å². The lowest BCUT2D eigenvalue weighted by molar-refractivity contribution is 0.220. The van der Waals surface area contributed by atoms with E-state index in [-0.39, 0.29) is 5.82 Å². The van der Waals surface area contributed by atoms with E-state index in [1.807, 2.05) is 19.3 Å². The lowest BCUT2D eigenvalue weighted by Gasteiger charge is -2.25. The first-order chi connectivity index (χ1) is 10.7.